The third-order valence-corrected chi connectivity index (χ3v) is 4.15. The molecule has 0 aliphatic heterocycles. The fourth-order valence-corrected chi connectivity index (χ4v) is 2.71. The lowest BCUT2D eigenvalue weighted by Gasteiger charge is -2.06. The van der Waals surface area contributed by atoms with E-state index in [4.69, 9.17) is 0 Å². The number of nitrogens with one attached hydrogen (secondary N) is 1. The SMILES string of the molecule is CC(=NS(=O)(=O)c1ccc(C)cc1)Nc1ccc(O)cc1. The normalized spacial score (nSPS) is 12.2. The molecular weight excluding hydrogens is 288 g/mol. The van der Waals surface area contributed by atoms with Crippen molar-refractivity contribution < 1.29 is 13.5 Å². The van der Waals surface area contributed by atoms with Gasteiger partial charge in [-0.05, 0) is 50.2 Å². The maximum absolute atomic E-state index is 12.1. The molecule has 2 aromatic rings. The van der Waals surface area contributed by atoms with E-state index in [9.17, 15) is 13.5 Å². The van der Waals surface area contributed by atoms with Gasteiger partial charge in [-0.1, -0.05) is 17.7 Å². The predicted octanol–water partition coefficient (Wildman–Crippen LogP) is 2.92. The van der Waals surface area contributed by atoms with Crippen LogP contribution in [-0.4, -0.2) is 19.4 Å². The molecule has 0 aromatic heterocycles. The van der Waals surface area contributed by atoms with E-state index >= 15 is 0 Å². The topological polar surface area (TPSA) is 78.8 Å². The molecule has 0 atom stereocenters. The van der Waals surface area contributed by atoms with Crippen LogP contribution in [0.2, 0.25) is 0 Å². The highest BCUT2D eigenvalue weighted by atomic mass is 32.2. The molecule has 0 saturated heterocycles. The Morgan fingerprint density at radius 3 is 2.19 bits per heavy atom. The standard InChI is InChI=1S/C15H16N2O3S/c1-11-3-9-15(10-4-11)21(19,20)17-12(2)16-13-5-7-14(18)8-6-13/h3-10,18H,1-2H3,(H,16,17). The van der Waals surface area contributed by atoms with Gasteiger partial charge in [-0.25, -0.2) is 0 Å². The Morgan fingerprint density at radius 1 is 1.05 bits per heavy atom. The number of sulfonamides is 1. The van der Waals surface area contributed by atoms with Gasteiger partial charge in [-0.3, -0.25) is 0 Å². The van der Waals surface area contributed by atoms with Gasteiger partial charge in [-0.15, -0.1) is 4.40 Å². The number of phenols is 1. The van der Waals surface area contributed by atoms with Crippen molar-refractivity contribution in [3.63, 3.8) is 0 Å². The van der Waals surface area contributed by atoms with Crippen molar-refractivity contribution in [2.45, 2.75) is 18.7 Å². The number of aryl methyl sites for hydroxylation is 1. The molecule has 2 aromatic carbocycles. The zero-order chi connectivity index (χ0) is 15.5. The third kappa shape index (κ3) is 4.06. The Morgan fingerprint density at radius 2 is 1.62 bits per heavy atom. The van der Waals surface area contributed by atoms with Crippen LogP contribution in [0, 0.1) is 6.92 Å². The van der Waals surface area contributed by atoms with Gasteiger partial charge in [0.1, 0.15) is 11.6 Å². The maximum atomic E-state index is 12.1. The summed E-state index contributed by atoms with van der Waals surface area (Å²) >= 11 is 0. The van der Waals surface area contributed by atoms with Crippen LogP contribution in [0.25, 0.3) is 0 Å². The first kappa shape index (κ1) is 15.1. The van der Waals surface area contributed by atoms with Crippen LogP contribution >= 0.6 is 0 Å². The Labute approximate surface area is 124 Å². The first-order chi connectivity index (χ1) is 9.87. The molecule has 0 unspecified atom stereocenters. The Bertz CT molecular complexity index is 749. The van der Waals surface area contributed by atoms with Crippen molar-refractivity contribution in [3.05, 3.63) is 54.1 Å². The number of anilines is 1. The number of amidine groups is 1. The lowest BCUT2D eigenvalue weighted by molar-refractivity contribution is 0.475. The van der Waals surface area contributed by atoms with E-state index in [1.165, 1.54) is 24.3 Å². The molecule has 2 rings (SSSR count). The number of hydrogen-bond acceptors (Lipinski definition) is 3. The van der Waals surface area contributed by atoms with Crippen molar-refractivity contribution in [2.24, 2.45) is 4.40 Å². The summed E-state index contributed by atoms with van der Waals surface area (Å²) in [7, 11) is -3.73. The minimum Gasteiger partial charge on any atom is -0.508 e. The zero-order valence-corrected chi connectivity index (χ0v) is 12.6. The quantitative estimate of drug-likeness (QED) is 0.519. The summed E-state index contributed by atoms with van der Waals surface area (Å²) < 4.78 is 28.0. The summed E-state index contributed by atoms with van der Waals surface area (Å²) in [6.45, 7) is 3.45. The van der Waals surface area contributed by atoms with Crippen LogP contribution in [0.5, 0.6) is 5.75 Å². The second-order valence-electron chi connectivity index (χ2n) is 4.64. The molecule has 5 nitrogen and oxygen atoms in total. The van der Waals surface area contributed by atoms with Crippen LogP contribution in [0.4, 0.5) is 5.69 Å². The molecule has 21 heavy (non-hydrogen) atoms. The summed E-state index contributed by atoms with van der Waals surface area (Å²) in [5.41, 5.74) is 1.63. The molecule has 110 valence electrons. The van der Waals surface area contributed by atoms with Crippen molar-refractivity contribution in [1.29, 1.82) is 0 Å². The largest absolute Gasteiger partial charge is 0.508 e. The molecule has 0 heterocycles. The molecule has 0 aliphatic carbocycles. The molecule has 0 saturated carbocycles. The molecule has 0 radical (unpaired) electrons. The van der Waals surface area contributed by atoms with Gasteiger partial charge in [0.05, 0.1) is 4.90 Å². The molecule has 6 heteroatoms. The highest BCUT2D eigenvalue weighted by Crippen LogP contribution is 2.16. The second-order valence-corrected chi connectivity index (χ2v) is 6.24. The average molecular weight is 304 g/mol. The zero-order valence-electron chi connectivity index (χ0n) is 11.7. The molecule has 0 amide bonds. The number of aromatic hydroxyl groups is 1. The molecule has 0 aliphatic rings. The minimum atomic E-state index is -3.73. The van der Waals surface area contributed by atoms with E-state index in [0.717, 1.165) is 5.56 Å². The third-order valence-electron chi connectivity index (χ3n) is 2.77. The second kappa shape index (κ2) is 5.97. The van der Waals surface area contributed by atoms with E-state index in [-0.39, 0.29) is 16.5 Å². The number of hydrogen-bond donors (Lipinski definition) is 2. The smallest absolute Gasteiger partial charge is 0.283 e. The van der Waals surface area contributed by atoms with Crippen LogP contribution in [0.3, 0.4) is 0 Å². The Kier molecular flexibility index (Phi) is 4.28. The first-order valence-electron chi connectivity index (χ1n) is 6.31. The minimum absolute atomic E-state index is 0.141. The van der Waals surface area contributed by atoms with Gasteiger partial charge in [0, 0.05) is 5.69 Å². The van der Waals surface area contributed by atoms with Crippen molar-refractivity contribution in [3.8, 4) is 5.75 Å². The summed E-state index contributed by atoms with van der Waals surface area (Å²) in [6, 6.07) is 12.8. The lowest BCUT2D eigenvalue weighted by Crippen LogP contribution is -2.10. The molecule has 0 bridgehead atoms. The fourth-order valence-electron chi connectivity index (χ4n) is 1.72. The van der Waals surface area contributed by atoms with Crippen molar-refractivity contribution in [1.82, 2.24) is 0 Å². The molecular formula is C15H16N2O3S. The van der Waals surface area contributed by atoms with Gasteiger partial charge in [-0.2, -0.15) is 8.42 Å². The monoisotopic (exact) mass is 304 g/mol. The van der Waals surface area contributed by atoms with Crippen LogP contribution in [0.1, 0.15) is 12.5 Å². The van der Waals surface area contributed by atoms with Crippen molar-refractivity contribution in [2.75, 3.05) is 5.32 Å². The van der Waals surface area contributed by atoms with Crippen LogP contribution in [-0.2, 0) is 10.0 Å². The number of nitrogens with zero attached hydrogens (tertiary/aromatic N) is 1. The highest BCUT2D eigenvalue weighted by Gasteiger charge is 2.12. The number of phenolic OH excluding ortho intramolecular Hbond substituents is 1. The van der Waals surface area contributed by atoms with E-state index < -0.39 is 10.0 Å². The number of benzene rings is 2. The summed E-state index contributed by atoms with van der Waals surface area (Å²) in [5.74, 6) is 0.392. The van der Waals surface area contributed by atoms with Crippen LogP contribution in [0.15, 0.2) is 57.8 Å². The molecule has 0 spiro atoms. The molecule has 2 N–H and O–H groups in total. The Balaban J connectivity index is 2.20. The lowest BCUT2D eigenvalue weighted by atomic mass is 10.2. The highest BCUT2D eigenvalue weighted by molar-refractivity contribution is 7.90. The van der Waals surface area contributed by atoms with E-state index in [1.807, 2.05) is 6.92 Å². The maximum Gasteiger partial charge on any atom is 0.283 e. The van der Waals surface area contributed by atoms with E-state index in [2.05, 4.69) is 9.71 Å². The van der Waals surface area contributed by atoms with E-state index in [0.29, 0.717) is 5.69 Å². The summed E-state index contributed by atoms with van der Waals surface area (Å²) in [6.07, 6.45) is 0. The summed E-state index contributed by atoms with van der Waals surface area (Å²) in [4.78, 5) is 0.153. The van der Waals surface area contributed by atoms with Gasteiger partial charge in [0.2, 0.25) is 0 Å². The fraction of sp³-hybridized carbons (Fsp3) is 0.133. The van der Waals surface area contributed by atoms with Crippen LogP contribution < -0.4 is 5.32 Å². The number of rotatable bonds is 3. The van der Waals surface area contributed by atoms with E-state index in [1.54, 1.807) is 31.2 Å². The van der Waals surface area contributed by atoms with Gasteiger partial charge < -0.3 is 10.4 Å². The van der Waals surface area contributed by atoms with Gasteiger partial charge >= 0.3 is 0 Å². The molecule has 0 fully saturated rings. The Hall–Kier alpha value is -2.34. The van der Waals surface area contributed by atoms with Gasteiger partial charge in [0.25, 0.3) is 10.0 Å². The first-order valence-corrected chi connectivity index (χ1v) is 7.75. The summed E-state index contributed by atoms with van der Waals surface area (Å²) in [5, 5.41) is 12.1. The van der Waals surface area contributed by atoms with Gasteiger partial charge in [0.15, 0.2) is 0 Å². The van der Waals surface area contributed by atoms with Crippen molar-refractivity contribution >= 4 is 21.5 Å². The average Bonchev–Trinajstić information content (AvgIpc) is 2.41. The predicted molar refractivity (Wildman–Crippen MR) is 83.2 cm³/mol.